The standard InChI is InChI=1S/C7H8NOS.Y/c1-10-6-7-3-2-4-8(9)5-7;/h2-3,5H,6H2,1H3;/q-1;. The zero-order valence-electron chi connectivity index (χ0n) is 6.28. The predicted octanol–water partition coefficient (Wildman–Crippen LogP) is 0.981. The van der Waals surface area contributed by atoms with E-state index < -0.39 is 0 Å². The van der Waals surface area contributed by atoms with Gasteiger partial charge < -0.3 is 5.21 Å². The molecule has 57 valence electrons. The average molecular weight is 243 g/mol. The van der Waals surface area contributed by atoms with E-state index >= 15 is 0 Å². The number of thioether (sulfide) groups is 1. The van der Waals surface area contributed by atoms with Crippen LogP contribution in [0.2, 0.25) is 0 Å². The molecule has 0 atom stereocenters. The monoisotopic (exact) mass is 243 g/mol. The van der Waals surface area contributed by atoms with Crippen molar-refractivity contribution in [1.82, 2.24) is 0 Å². The van der Waals surface area contributed by atoms with Crippen molar-refractivity contribution in [3.63, 3.8) is 0 Å². The van der Waals surface area contributed by atoms with Gasteiger partial charge in [0.2, 0.25) is 0 Å². The SMILES string of the molecule is CSCc1cc[c-][n+]([O-])c1.[Y]. The predicted molar refractivity (Wildman–Crippen MR) is 41.5 cm³/mol. The fourth-order valence-corrected chi connectivity index (χ4v) is 1.20. The molecule has 0 fully saturated rings. The van der Waals surface area contributed by atoms with Crippen molar-refractivity contribution >= 4 is 11.8 Å². The maximum absolute atomic E-state index is 10.6. The largest absolute Gasteiger partial charge is 0.641 e. The van der Waals surface area contributed by atoms with Gasteiger partial charge in [-0.3, -0.25) is 4.73 Å². The molecular weight excluding hydrogens is 235 g/mol. The van der Waals surface area contributed by atoms with Gasteiger partial charge in [0.05, 0.1) is 6.20 Å². The van der Waals surface area contributed by atoms with Gasteiger partial charge in [-0.2, -0.15) is 17.8 Å². The maximum Gasteiger partial charge on any atom is 0.125 e. The summed E-state index contributed by atoms with van der Waals surface area (Å²) in [7, 11) is 0. The van der Waals surface area contributed by atoms with Crippen LogP contribution < -0.4 is 4.73 Å². The summed E-state index contributed by atoms with van der Waals surface area (Å²) in [6.45, 7) is 0. The first-order chi connectivity index (χ1) is 4.83. The van der Waals surface area contributed by atoms with E-state index in [-0.39, 0.29) is 32.7 Å². The van der Waals surface area contributed by atoms with E-state index in [0.29, 0.717) is 4.73 Å². The number of pyridine rings is 1. The van der Waals surface area contributed by atoms with Crippen LogP contribution in [0.25, 0.3) is 0 Å². The van der Waals surface area contributed by atoms with Gasteiger partial charge in [0.25, 0.3) is 0 Å². The summed E-state index contributed by atoms with van der Waals surface area (Å²) >= 11 is 1.70. The van der Waals surface area contributed by atoms with Crippen molar-refractivity contribution in [3.05, 3.63) is 35.3 Å². The van der Waals surface area contributed by atoms with Gasteiger partial charge in [0.1, 0.15) is 6.20 Å². The van der Waals surface area contributed by atoms with Crippen molar-refractivity contribution in [1.29, 1.82) is 0 Å². The zero-order chi connectivity index (χ0) is 7.40. The molecule has 4 heteroatoms. The summed E-state index contributed by atoms with van der Waals surface area (Å²) < 4.78 is 0.700. The minimum atomic E-state index is 0. The van der Waals surface area contributed by atoms with E-state index in [1.165, 1.54) is 6.20 Å². The van der Waals surface area contributed by atoms with Crippen molar-refractivity contribution in [2.45, 2.75) is 5.75 Å². The molecule has 0 aliphatic carbocycles. The van der Waals surface area contributed by atoms with Gasteiger partial charge in [-0.1, -0.05) is 5.56 Å². The van der Waals surface area contributed by atoms with Crippen LogP contribution in [0.15, 0.2) is 18.3 Å². The van der Waals surface area contributed by atoms with E-state index in [9.17, 15) is 5.21 Å². The third-order valence-electron chi connectivity index (χ3n) is 1.09. The molecule has 1 heterocycles. The van der Waals surface area contributed by atoms with Crippen LogP contribution in [0, 0.1) is 11.4 Å². The Balaban J connectivity index is 0.000001000. The second-order valence-corrected chi connectivity index (χ2v) is 2.79. The van der Waals surface area contributed by atoms with E-state index in [0.717, 1.165) is 11.3 Å². The normalized spacial score (nSPS) is 8.82. The third kappa shape index (κ3) is 4.09. The van der Waals surface area contributed by atoms with Crippen LogP contribution in [0.1, 0.15) is 5.56 Å². The van der Waals surface area contributed by atoms with Crippen LogP contribution in [0.3, 0.4) is 0 Å². The Labute approximate surface area is 95.8 Å². The quantitative estimate of drug-likeness (QED) is 0.440. The average Bonchev–Trinajstić information content (AvgIpc) is 1.88. The van der Waals surface area contributed by atoms with E-state index in [1.807, 2.05) is 12.3 Å². The number of aromatic nitrogens is 1. The Kier molecular flexibility index (Phi) is 6.20. The summed E-state index contributed by atoms with van der Waals surface area (Å²) in [6.07, 6.45) is 6.03. The molecule has 0 unspecified atom stereocenters. The second kappa shape index (κ2) is 5.98. The van der Waals surface area contributed by atoms with Gasteiger partial charge in [0, 0.05) is 38.5 Å². The molecule has 1 aromatic heterocycles. The molecule has 0 aromatic carbocycles. The van der Waals surface area contributed by atoms with Crippen LogP contribution in [-0.2, 0) is 38.5 Å². The molecule has 0 bridgehead atoms. The van der Waals surface area contributed by atoms with Crippen LogP contribution in [0.5, 0.6) is 0 Å². The topological polar surface area (TPSA) is 26.9 Å². The van der Waals surface area contributed by atoms with E-state index in [4.69, 9.17) is 0 Å². The summed E-state index contributed by atoms with van der Waals surface area (Å²) in [6, 6.07) is 3.53. The maximum atomic E-state index is 10.6. The Hall–Kier alpha value is 0.404. The van der Waals surface area contributed by atoms with Gasteiger partial charge in [-0.15, -0.1) is 6.07 Å². The molecule has 11 heavy (non-hydrogen) atoms. The first-order valence-electron chi connectivity index (χ1n) is 2.91. The Morgan fingerprint density at radius 2 is 2.45 bits per heavy atom. The Morgan fingerprint density at radius 1 is 1.73 bits per heavy atom. The van der Waals surface area contributed by atoms with Crippen LogP contribution in [-0.4, -0.2) is 6.26 Å². The minimum absolute atomic E-state index is 0. The summed E-state index contributed by atoms with van der Waals surface area (Å²) in [4.78, 5) is 0. The molecule has 0 spiro atoms. The second-order valence-electron chi connectivity index (χ2n) is 1.93. The Morgan fingerprint density at radius 3 is 3.00 bits per heavy atom. The van der Waals surface area contributed by atoms with Gasteiger partial charge in [0.15, 0.2) is 0 Å². The molecule has 1 rings (SSSR count). The summed E-state index contributed by atoms with van der Waals surface area (Å²) in [5, 5.41) is 10.6. The van der Waals surface area contributed by atoms with E-state index in [1.54, 1.807) is 17.8 Å². The molecule has 0 saturated carbocycles. The fourth-order valence-electron chi connectivity index (χ4n) is 0.701. The van der Waals surface area contributed by atoms with Gasteiger partial charge in [-0.05, 0) is 6.26 Å². The van der Waals surface area contributed by atoms with Crippen LogP contribution >= 0.6 is 11.8 Å². The molecule has 0 saturated heterocycles. The smallest absolute Gasteiger partial charge is 0.125 e. The van der Waals surface area contributed by atoms with E-state index in [2.05, 4.69) is 6.20 Å². The fraction of sp³-hybridized carbons (Fsp3) is 0.286. The summed E-state index contributed by atoms with van der Waals surface area (Å²) in [5.41, 5.74) is 1.04. The molecule has 0 N–H and O–H groups in total. The first-order valence-corrected chi connectivity index (χ1v) is 4.31. The number of hydrogen-bond donors (Lipinski definition) is 0. The van der Waals surface area contributed by atoms with Gasteiger partial charge >= 0.3 is 0 Å². The molecular formula is C7H8NOSY-. The van der Waals surface area contributed by atoms with Crippen molar-refractivity contribution in [2.24, 2.45) is 0 Å². The molecule has 0 aliphatic heterocycles. The minimum Gasteiger partial charge on any atom is -0.641 e. The zero-order valence-corrected chi connectivity index (χ0v) is 9.94. The Bertz CT molecular complexity index is 219. The van der Waals surface area contributed by atoms with Crippen LogP contribution in [0.4, 0.5) is 0 Å². The number of nitrogens with zero attached hydrogens (tertiary/aromatic N) is 1. The molecule has 2 nitrogen and oxygen atoms in total. The molecule has 0 aliphatic rings. The summed E-state index contributed by atoms with van der Waals surface area (Å²) in [5.74, 6) is 0.886. The molecule has 1 radical (unpaired) electrons. The first kappa shape index (κ1) is 11.4. The van der Waals surface area contributed by atoms with Crippen molar-refractivity contribution in [2.75, 3.05) is 6.26 Å². The molecule has 1 aromatic rings. The van der Waals surface area contributed by atoms with Crippen molar-refractivity contribution in [3.8, 4) is 0 Å². The van der Waals surface area contributed by atoms with Crippen molar-refractivity contribution < 1.29 is 37.4 Å². The number of hydrogen-bond acceptors (Lipinski definition) is 2. The molecule has 0 amide bonds. The third-order valence-corrected chi connectivity index (χ3v) is 1.72. The van der Waals surface area contributed by atoms with Gasteiger partial charge in [-0.25, -0.2) is 0 Å². The number of rotatable bonds is 2.